The largest absolute Gasteiger partial charge is 0.598 e. The first-order chi connectivity index (χ1) is 15.2. The highest BCUT2D eigenvalue weighted by Gasteiger charge is 2.34. The van der Waals surface area contributed by atoms with E-state index in [0.29, 0.717) is 12.0 Å². The van der Waals surface area contributed by atoms with E-state index >= 15 is 0 Å². The van der Waals surface area contributed by atoms with Gasteiger partial charge in [0.1, 0.15) is 6.26 Å². The standard InChI is InChI=1S/C26H30N2O3S/c1-26(2,30)22-14-12-21-13-15-23(27-32(3)31)24(28(21)25(22)29)17-18-8-7-11-20(16-18)19-9-5-4-6-10-19/h4-12,14,16,23-24,27,30H,13,15,17H2,1-3H3. The second-order valence-corrected chi connectivity index (χ2v) is 10.2. The summed E-state index contributed by atoms with van der Waals surface area (Å²) in [4.78, 5) is 13.5. The average Bonchev–Trinajstić information content (AvgIpc) is 2.75. The lowest BCUT2D eigenvalue weighted by atomic mass is 9.89. The van der Waals surface area contributed by atoms with Crippen LogP contribution in [0.2, 0.25) is 0 Å². The van der Waals surface area contributed by atoms with Crippen LogP contribution < -0.4 is 10.3 Å². The first kappa shape index (κ1) is 22.8. The van der Waals surface area contributed by atoms with E-state index in [0.717, 1.165) is 35.2 Å². The molecule has 0 fully saturated rings. The molecule has 2 N–H and O–H groups in total. The number of pyridine rings is 1. The quantitative estimate of drug-likeness (QED) is 0.561. The number of nitrogens with zero attached hydrogens (tertiary/aromatic N) is 1. The van der Waals surface area contributed by atoms with Crippen molar-refractivity contribution < 1.29 is 9.66 Å². The van der Waals surface area contributed by atoms with E-state index in [1.165, 1.54) is 0 Å². The zero-order valence-corrected chi connectivity index (χ0v) is 19.6. The lowest BCUT2D eigenvalue weighted by Gasteiger charge is -2.36. The van der Waals surface area contributed by atoms with Crippen LogP contribution in [0.5, 0.6) is 0 Å². The van der Waals surface area contributed by atoms with Crippen LogP contribution in [0.4, 0.5) is 0 Å². The molecule has 3 aromatic rings. The number of rotatable bonds is 6. The molecular weight excluding hydrogens is 420 g/mol. The highest BCUT2D eigenvalue weighted by Crippen LogP contribution is 2.30. The molecule has 0 spiro atoms. The van der Waals surface area contributed by atoms with Gasteiger partial charge in [0.05, 0.1) is 17.7 Å². The topological polar surface area (TPSA) is 77.3 Å². The highest BCUT2D eigenvalue weighted by atomic mass is 32.2. The van der Waals surface area contributed by atoms with Crippen molar-refractivity contribution in [3.8, 4) is 11.1 Å². The van der Waals surface area contributed by atoms with Crippen molar-refractivity contribution in [2.24, 2.45) is 0 Å². The van der Waals surface area contributed by atoms with Gasteiger partial charge in [0.15, 0.2) is 0 Å². The van der Waals surface area contributed by atoms with Gasteiger partial charge in [0, 0.05) is 22.6 Å². The maximum absolute atomic E-state index is 13.5. The van der Waals surface area contributed by atoms with Crippen molar-refractivity contribution in [3.63, 3.8) is 0 Å². The van der Waals surface area contributed by atoms with Crippen LogP contribution in [0.3, 0.4) is 0 Å². The first-order valence-electron chi connectivity index (χ1n) is 11.0. The number of fused-ring (bicyclic) bond motifs is 1. The molecule has 3 atom stereocenters. The minimum atomic E-state index is -1.23. The van der Waals surface area contributed by atoms with Gasteiger partial charge in [-0.1, -0.05) is 54.6 Å². The second-order valence-electron chi connectivity index (χ2n) is 9.03. The fraction of sp³-hybridized carbons (Fsp3) is 0.346. The molecule has 6 heteroatoms. The summed E-state index contributed by atoms with van der Waals surface area (Å²) in [7, 11) is 0. The molecule has 0 amide bonds. The summed E-state index contributed by atoms with van der Waals surface area (Å²) in [6, 6.07) is 21.9. The molecule has 1 aliphatic rings. The summed E-state index contributed by atoms with van der Waals surface area (Å²) in [6.07, 6.45) is 3.76. The van der Waals surface area contributed by atoms with Gasteiger partial charge in [-0.25, -0.2) is 0 Å². The molecular formula is C26H30N2O3S. The SMILES string of the molecule is C[S+]([O-])NC1CCc2ccc(C(C)(C)O)c(=O)n2C1Cc1cccc(-c2ccccc2)c1. The predicted molar refractivity (Wildman–Crippen MR) is 130 cm³/mol. The van der Waals surface area contributed by atoms with Gasteiger partial charge >= 0.3 is 0 Å². The van der Waals surface area contributed by atoms with Gasteiger partial charge < -0.3 is 14.2 Å². The van der Waals surface area contributed by atoms with Crippen molar-refractivity contribution >= 4 is 11.4 Å². The molecule has 1 aliphatic heterocycles. The van der Waals surface area contributed by atoms with Crippen molar-refractivity contribution in [1.29, 1.82) is 0 Å². The molecule has 0 radical (unpaired) electrons. The third kappa shape index (κ3) is 4.84. The molecule has 5 nitrogen and oxygen atoms in total. The van der Waals surface area contributed by atoms with E-state index in [-0.39, 0.29) is 17.6 Å². The van der Waals surface area contributed by atoms with Gasteiger partial charge in [0.2, 0.25) is 0 Å². The van der Waals surface area contributed by atoms with Gasteiger partial charge in [-0.15, -0.1) is 4.72 Å². The molecule has 4 rings (SSSR count). The van der Waals surface area contributed by atoms with Crippen LogP contribution >= 0.6 is 0 Å². The lowest BCUT2D eigenvalue weighted by molar-refractivity contribution is 0.0758. The molecule has 0 aliphatic carbocycles. The third-order valence-electron chi connectivity index (χ3n) is 6.16. The number of hydrogen-bond donors (Lipinski definition) is 2. The number of aryl methyl sites for hydroxylation is 1. The zero-order valence-electron chi connectivity index (χ0n) is 18.7. The van der Waals surface area contributed by atoms with Gasteiger partial charge in [0.25, 0.3) is 5.56 Å². The molecule has 2 aromatic carbocycles. The van der Waals surface area contributed by atoms with Crippen LogP contribution in [-0.4, -0.2) is 26.5 Å². The van der Waals surface area contributed by atoms with Crippen molar-refractivity contribution in [3.05, 3.63) is 93.9 Å². The van der Waals surface area contributed by atoms with Gasteiger partial charge in [-0.2, -0.15) is 0 Å². The Morgan fingerprint density at radius 3 is 2.50 bits per heavy atom. The molecule has 0 saturated heterocycles. The minimum Gasteiger partial charge on any atom is -0.598 e. The Morgan fingerprint density at radius 2 is 1.81 bits per heavy atom. The highest BCUT2D eigenvalue weighted by molar-refractivity contribution is 7.88. The minimum absolute atomic E-state index is 0.108. The Kier molecular flexibility index (Phi) is 6.58. The number of hydrogen-bond acceptors (Lipinski definition) is 4. The average molecular weight is 451 g/mol. The van der Waals surface area contributed by atoms with E-state index in [4.69, 9.17) is 0 Å². The predicted octanol–water partition coefficient (Wildman–Crippen LogP) is 3.72. The van der Waals surface area contributed by atoms with E-state index in [1.807, 2.05) is 34.9 Å². The zero-order chi connectivity index (χ0) is 22.9. The summed E-state index contributed by atoms with van der Waals surface area (Å²) in [5, 5.41) is 10.5. The van der Waals surface area contributed by atoms with E-state index in [2.05, 4.69) is 35.1 Å². The molecule has 32 heavy (non-hydrogen) atoms. The van der Waals surface area contributed by atoms with Crippen LogP contribution in [0.1, 0.15) is 43.1 Å². The van der Waals surface area contributed by atoms with Gasteiger partial charge in [-0.3, -0.25) is 4.79 Å². The fourth-order valence-corrected chi connectivity index (χ4v) is 5.34. The second kappa shape index (κ2) is 9.24. The fourth-order valence-electron chi connectivity index (χ4n) is 4.63. The first-order valence-corrected chi connectivity index (χ1v) is 12.5. The molecule has 2 heterocycles. The molecule has 3 unspecified atom stereocenters. The molecule has 0 saturated carbocycles. The summed E-state index contributed by atoms with van der Waals surface area (Å²) in [5.41, 5.74) is 3.30. The normalized spacial score (nSPS) is 19.4. The number of nitrogens with one attached hydrogen (secondary N) is 1. The van der Waals surface area contributed by atoms with Crippen molar-refractivity contribution in [1.82, 2.24) is 9.29 Å². The summed E-state index contributed by atoms with van der Waals surface area (Å²) in [6.45, 7) is 3.27. The van der Waals surface area contributed by atoms with Crippen LogP contribution in [0.15, 0.2) is 71.5 Å². The van der Waals surface area contributed by atoms with Crippen LogP contribution in [-0.2, 0) is 29.8 Å². The van der Waals surface area contributed by atoms with E-state index in [1.54, 1.807) is 26.2 Å². The Labute approximate surface area is 192 Å². The summed E-state index contributed by atoms with van der Waals surface area (Å²) in [5.74, 6) is 0. The number of benzene rings is 2. The lowest BCUT2D eigenvalue weighted by Crippen LogP contribution is -2.49. The molecule has 1 aromatic heterocycles. The Bertz CT molecular complexity index is 1140. The summed E-state index contributed by atoms with van der Waals surface area (Å²) < 4.78 is 17.0. The Morgan fingerprint density at radius 1 is 1.09 bits per heavy atom. The smallest absolute Gasteiger partial charge is 0.257 e. The Balaban J connectivity index is 1.77. The van der Waals surface area contributed by atoms with Gasteiger partial charge in [-0.05, 0) is 61.9 Å². The van der Waals surface area contributed by atoms with Crippen LogP contribution in [0.25, 0.3) is 11.1 Å². The third-order valence-corrected chi connectivity index (χ3v) is 6.80. The maximum Gasteiger partial charge on any atom is 0.257 e. The van der Waals surface area contributed by atoms with Crippen LogP contribution in [0, 0.1) is 0 Å². The maximum atomic E-state index is 13.5. The monoisotopic (exact) mass is 450 g/mol. The Hall–Kier alpha value is -2.38. The van der Waals surface area contributed by atoms with Crippen molar-refractivity contribution in [2.75, 3.05) is 6.26 Å². The number of aliphatic hydroxyl groups is 1. The van der Waals surface area contributed by atoms with E-state index in [9.17, 15) is 14.5 Å². The molecule has 168 valence electrons. The molecule has 0 bridgehead atoms. The number of aromatic nitrogens is 1. The van der Waals surface area contributed by atoms with E-state index < -0.39 is 17.0 Å². The summed E-state index contributed by atoms with van der Waals surface area (Å²) >= 11 is -1.20. The van der Waals surface area contributed by atoms with Crippen molar-refractivity contribution in [2.45, 2.75) is 50.8 Å².